The third-order valence-corrected chi connectivity index (χ3v) is 2.71. The summed E-state index contributed by atoms with van der Waals surface area (Å²) in [5, 5.41) is 11.3. The highest BCUT2D eigenvalue weighted by Gasteiger charge is 2.16. The number of hydrogen-bond acceptors (Lipinski definition) is 5. The molecule has 2 aromatic heterocycles. The second-order valence-electron chi connectivity index (χ2n) is 2.96. The predicted molar refractivity (Wildman–Crippen MR) is 54.0 cm³/mol. The number of nitrogens with zero attached hydrogens (tertiary/aromatic N) is 4. The van der Waals surface area contributed by atoms with Crippen LogP contribution in [-0.2, 0) is 7.05 Å². The molecule has 1 unspecified atom stereocenters. The topological polar surface area (TPSA) is 55.6 Å². The first-order valence-corrected chi connectivity index (χ1v) is 5.02. The summed E-state index contributed by atoms with van der Waals surface area (Å²) in [5.74, 6) is 0. The van der Waals surface area contributed by atoms with Crippen LogP contribution in [0.25, 0.3) is 0 Å². The van der Waals surface area contributed by atoms with Crippen molar-refractivity contribution in [3.05, 3.63) is 29.0 Å². The number of rotatable bonds is 3. The van der Waals surface area contributed by atoms with Crippen LogP contribution in [0.3, 0.4) is 0 Å². The van der Waals surface area contributed by atoms with Gasteiger partial charge in [-0.2, -0.15) is 5.10 Å². The largest absolute Gasteiger partial charge is 0.307 e. The highest BCUT2D eigenvalue weighted by atomic mass is 32.1. The Labute approximate surface area is 85.9 Å². The Bertz CT molecular complexity index is 394. The molecule has 5 nitrogen and oxygen atoms in total. The molecule has 6 heteroatoms. The fraction of sp³-hybridized carbons (Fsp3) is 0.375. The van der Waals surface area contributed by atoms with E-state index in [1.54, 1.807) is 10.9 Å². The van der Waals surface area contributed by atoms with E-state index in [4.69, 9.17) is 0 Å². The number of aromatic nitrogens is 4. The third kappa shape index (κ3) is 1.66. The highest BCUT2D eigenvalue weighted by molar-refractivity contribution is 7.05. The summed E-state index contributed by atoms with van der Waals surface area (Å²) < 4.78 is 5.63. The van der Waals surface area contributed by atoms with Crippen molar-refractivity contribution in [2.24, 2.45) is 7.05 Å². The summed E-state index contributed by atoms with van der Waals surface area (Å²) in [6, 6.07) is 2.08. The predicted octanol–water partition coefficient (Wildman–Crippen LogP) is 0.580. The lowest BCUT2D eigenvalue weighted by Crippen LogP contribution is -2.17. The van der Waals surface area contributed by atoms with E-state index in [0.29, 0.717) is 0 Å². The molecule has 1 atom stereocenters. The third-order valence-electron chi connectivity index (χ3n) is 1.98. The molecule has 2 aromatic rings. The average Bonchev–Trinajstić information content (AvgIpc) is 2.79. The van der Waals surface area contributed by atoms with Gasteiger partial charge in [0.15, 0.2) is 0 Å². The quantitative estimate of drug-likeness (QED) is 0.803. The Balaban J connectivity index is 2.31. The van der Waals surface area contributed by atoms with Gasteiger partial charge in [-0.05, 0) is 24.6 Å². The molecule has 1 N–H and O–H groups in total. The Morgan fingerprint density at radius 2 is 2.43 bits per heavy atom. The molecule has 0 radical (unpaired) electrons. The molecule has 0 saturated carbocycles. The van der Waals surface area contributed by atoms with Crippen LogP contribution in [0, 0.1) is 0 Å². The van der Waals surface area contributed by atoms with Crippen LogP contribution in [0.2, 0.25) is 0 Å². The van der Waals surface area contributed by atoms with Crippen LogP contribution in [-0.4, -0.2) is 26.4 Å². The average molecular weight is 209 g/mol. The molecule has 74 valence electrons. The number of hydrogen-bond donors (Lipinski definition) is 1. The molecule has 0 aromatic carbocycles. The van der Waals surface area contributed by atoms with Gasteiger partial charge < -0.3 is 5.32 Å². The Morgan fingerprint density at radius 1 is 1.57 bits per heavy atom. The van der Waals surface area contributed by atoms with Gasteiger partial charge in [0, 0.05) is 13.2 Å². The maximum absolute atomic E-state index is 4.34. The van der Waals surface area contributed by atoms with Crippen molar-refractivity contribution >= 4 is 11.5 Å². The normalized spacial score (nSPS) is 13.0. The Hall–Kier alpha value is -1.27. The van der Waals surface area contributed by atoms with Crippen LogP contribution < -0.4 is 5.32 Å². The van der Waals surface area contributed by atoms with Gasteiger partial charge in [0.1, 0.15) is 0 Å². The zero-order valence-electron chi connectivity index (χ0n) is 8.01. The molecule has 0 saturated heterocycles. The minimum absolute atomic E-state index is 0.0937. The van der Waals surface area contributed by atoms with Gasteiger partial charge in [-0.25, -0.2) is 0 Å². The van der Waals surface area contributed by atoms with E-state index in [2.05, 4.69) is 20.0 Å². The molecular formula is C8H11N5S. The zero-order valence-corrected chi connectivity index (χ0v) is 8.82. The van der Waals surface area contributed by atoms with Crippen molar-refractivity contribution in [1.29, 1.82) is 0 Å². The van der Waals surface area contributed by atoms with Crippen molar-refractivity contribution in [2.75, 3.05) is 7.05 Å². The van der Waals surface area contributed by atoms with E-state index in [1.165, 1.54) is 11.5 Å². The molecule has 0 aliphatic rings. The lowest BCUT2D eigenvalue weighted by molar-refractivity contribution is 0.649. The van der Waals surface area contributed by atoms with E-state index < -0.39 is 0 Å². The molecule has 0 aliphatic carbocycles. The molecular weight excluding hydrogens is 198 g/mol. The van der Waals surface area contributed by atoms with E-state index in [0.717, 1.165) is 10.6 Å². The van der Waals surface area contributed by atoms with Crippen molar-refractivity contribution in [2.45, 2.75) is 6.04 Å². The van der Waals surface area contributed by atoms with Gasteiger partial charge in [0.2, 0.25) is 0 Å². The standard InChI is InChI=1S/C8H11N5S/c1-9-8(7-5-10-12-14-7)6-3-4-13(2)11-6/h3-5,8-9H,1-2H3. The van der Waals surface area contributed by atoms with Crippen molar-refractivity contribution < 1.29 is 0 Å². The molecule has 0 fully saturated rings. The van der Waals surface area contributed by atoms with Crippen LogP contribution in [0.15, 0.2) is 18.5 Å². The lowest BCUT2D eigenvalue weighted by atomic mass is 10.2. The molecule has 14 heavy (non-hydrogen) atoms. The summed E-state index contributed by atoms with van der Waals surface area (Å²) in [6.45, 7) is 0. The van der Waals surface area contributed by atoms with Gasteiger partial charge in [0.05, 0.1) is 22.8 Å². The summed E-state index contributed by atoms with van der Waals surface area (Å²) in [7, 11) is 3.81. The summed E-state index contributed by atoms with van der Waals surface area (Å²) in [4.78, 5) is 1.08. The Morgan fingerprint density at radius 3 is 2.93 bits per heavy atom. The molecule has 0 bridgehead atoms. The van der Waals surface area contributed by atoms with E-state index in [-0.39, 0.29) is 6.04 Å². The summed E-state index contributed by atoms with van der Waals surface area (Å²) >= 11 is 1.39. The maximum atomic E-state index is 4.34. The van der Waals surface area contributed by atoms with Crippen LogP contribution in [0.4, 0.5) is 0 Å². The van der Waals surface area contributed by atoms with Gasteiger partial charge in [-0.1, -0.05) is 4.49 Å². The maximum Gasteiger partial charge on any atom is 0.0893 e. The second-order valence-corrected chi connectivity index (χ2v) is 3.77. The first-order valence-electron chi connectivity index (χ1n) is 4.25. The fourth-order valence-corrected chi connectivity index (χ4v) is 1.95. The summed E-state index contributed by atoms with van der Waals surface area (Å²) in [5.41, 5.74) is 0.987. The van der Waals surface area contributed by atoms with Crippen LogP contribution in [0.1, 0.15) is 16.6 Å². The molecule has 0 aliphatic heterocycles. The SMILES string of the molecule is CNC(c1ccn(C)n1)c1cnns1. The molecule has 2 heterocycles. The summed E-state index contributed by atoms with van der Waals surface area (Å²) in [6.07, 6.45) is 3.69. The van der Waals surface area contributed by atoms with E-state index in [9.17, 15) is 0 Å². The number of nitrogens with one attached hydrogen (secondary N) is 1. The van der Waals surface area contributed by atoms with E-state index in [1.807, 2.05) is 26.4 Å². The number of aryl methyl sites for hydroxylation is 1. The molecule has 2 rings (SSSR count). The van der Waals surface area contributed by atoms with Crippen molar-refractivity contribution in [3.8, 4) is 0 Å². The molecule has 0 spiro atoms. The minimum atomic E-state index is 0.0937. The fourth-order valence-electron chi connectivity index (χ4n) is 1.32. The van der Waals surface area contributed by atoms with Gasteiger partial charge in [-0.15, -0.1) is 5.10 Å². The lowest BCUT2D eigenvalue weighted by Gasteiger charge is -2.09. The van der Waals surface area contributed by atoms with Crippen LogP contribution in [0.5, 0.6) is 0 Å². The zero-order chi connectivity index (χ0) is 9.97. The van der Waals surface area contributed by atoms with Gasteiger partial charge in [0.25, 0.3) is 0 Å². The Kier molecular flexibility index (Phi) is 2.55. The van der Waals surface area contributed by atoms with Crippen molar-refractivity contribution in [1.82, 2.24) is 24.7 Å². The molecule has 0 amide bonds. The minimum Gasteiger partial charge on any atom is -0.307 e. The van der Waals surface area contributed by atoms with Crippen LogP contribution >= 0.6 is 11.5 Å². The van der Waals surface area contributed by atoms with E-state index >= 15 is 0 Å². The van der Waals surface area contributed by atoms with Gasteiger partial charge >= 0.3 is 0 Å². The monoisotopic (exact) mass is 209 g/mol. The van der Waals surface area contributed by atoms with Gasteiger partial charge in [-0.3, -0.25) is 4.68 Å². The second kappa shape index (κ2) is 3.85. The highest BCUT2D eigenvalue weighted by Crippen LogP contribution is 2.21. The van der Waals surface area contributed by atoms with Crippen molar-refractivity contribution in [3.63, 3.8) is 0 Å². The first-order chi connectivity index (χ1) is 6.81. The smallest absolute Gasteiger partial charge is 0.0893 e. The first kappa shape index (κ1) is 9.29.